The van der Waals surface area contributed by atoms with Gasteiger partial charge in [-0.1, -0.05) is 49.4 Å². The standard InChI is InChI=1S/C30H36N4O5S/c1-5-32-40(37,38)27-9-7-6-8-24(27)21-12-10-20(11-13-21)19-34-26-17-15-23(39-4)18-22(26)14-16-25(28(34)35)33-29(36)30(2,3)31/h6-13,15,17-18,25,32H,5,14,16,19,31H2,1-4H3,(H,33,36)/t25-/m1/s1. The molecule has 3 aromatic rings. The van der Waals surface area contributed by atoms with E-state index in [9.17, 15) is 18.0 Å². The van der Waals surface area contributed by atoms with Crippen molar-refractivity contribution in [2.24, 2.45) is 5.73 Å². The molecule has 2 amide bonds. The Morgan fingerprint density at radius 1 is 1.10 bits per heavy atom. The van der Waals surface area contributed by atoms with E-state index in [-0.39, 0.29) is 23.9 Å². The molecule has 0 bridgehead atoms. The molecule has 1 aliphatic rings. The Balaban J connectivity index is 1.66. The van der Waals surface area contributed by atoms with E-state index in [4.69, 9.17) is 10.5 Å². The summed E-state index contributed by atoms with van der Waals surface area (Å²) in [4.78, 5) is 28.3. The number of aryl methyl sites for hydroxylation is 1. The van der Waals surface area contributed by atoms with Gasteiger partial charge in [-0.3, -0.25) is 9.59 Å². The minimum absolute atomic E-state index is 0.205. The number of anilines is 1. The number of carbonyl (C=O) groups is 2. The molecular weight excluding hydrogens is 528 g/mol. The molecule has 9 nitrogen and oxygen atoms in total. The Labute approximate surface area is 235 Å². The van der Waals surface area contributed by atoms with Gasteiger partial charge in [0.1, 0.15) is 11.8 Å². The van der Waals surface area contributed by atoms with Gasteiger partial charge in [-0.15, -0.1) is 0 Å². The highest BCUT2D eigenvalue weighted by atomic mass is 32.2. The topological polar surface area (TPSA) is 131 Å². The summed E-state index contributed by atoms with van der Waals surface area (Å²) in [5.74, 6) is 0.0600. The molecule has 40 heavy (non-hydrogen) atoms. The highest BCUT2D eigenvalue weighted by molar-refractivity contribution is 7.89. The third-order valence-corrected chi connectivity index (χ3v) is 8.45. The van der Waals surface area contributed by atoms with Gasteiger partial charge in [0.25, 0.3) is 0 Å². The van der Waals surface area contributed by atoms with Gasteiger partial charge in [-0.25, -0.2) is 13.1 Å². The van der Waals surface area contributed by atoms with Crippen LogP contribution in [0.4, 0.5) is 5.69 Å². The summed E-state index contributed by atoms with van der Waals surface area (Å²) >= 11 is 0. The lowest BCUT2D eigenvalue weighted by atomic mass is 10.0. The van der Waals surface area contributed by atoms with E-state index in [1.807, 2.05) is 42.5 Å². The summed E-state index contributed by atoms with van der Waals surface area (Å²) in [5.41, 5.74) is 8.72. The third kappa shape index (κ3) is 6.35. The maximum Gasteiger partial charge on any atom is 0.249 e. The average molecular weight is 565 g/mol. The van der Waals surface area contributed by atoms with Crippen LogP contribution in [0.15, 0.2) is 71.6 Å². The number of methoxy groups -OCH3 is 1. The number of sulfonamides is 1. The van der Waals surface area contributed by atoms with Crippen LogP contribution < -0.4 is 25.4 Å². The largest absolute Gasteiger partial charge is 0.497 e. The number of hydrogen-bond acceptors (Lipinski definition) is 6. The van der Waals surface area contributed by atoms with Crippen molar-refractivity contribution in [2.75, 3.05) is 18.6 Å². The van der Waals surface area contributed by atoms with Gasteiger partial charge in [0.2, 0.25) is 21.8 Å². The molecular formula is C30H36N4O5S. The van der Waals surface area contributed by atoms with E-state index < -0.39 is 27.5 Å². The Hall–Kier alpha value is -3.73. The lowest BCUT2D eigenvalue weighted by Crippen LogP contribution is -2.56. The molecule has 212 valence electrons. The van der Waals surface area contributed by atoms with Gasteiger partial charge in [0.15, 0.2) is 0 Å². The maximum atomic E-state index is 13.8. The first-order valence-corrected chi connectivity index (χ1v) is 14.7. The highest BCUT2D eigenvalue weighted by Gasteiger charge is 2.34. The Kier molecular flexibility index (Phi) is 8.62. The normalized spacial score (nSPS) is 15.8. The zero-order valence-electron chi connectivity index (χ0n) is 23.2. The minimum atomic E-state index is -3.66. The van der Waals surface area contributed by atoms with Gasteiger partial charge in [-0.2, -0.15) is 0 Å². The molecule has 1 atom stereocenters. The molecule has 1 aliphatic heterocycles. The second-order valence-electron chi connectivity index (χ2n) is 10.4. The van der Waals surface area contributed by atoms with Gasteiger partial charge in [0.05, 0.1) is 24.1 Å². The Morgan fingerprint density at radius 3 is 2.45 bits per heavy atom. The number of nitrogens with one attached hydrogen (secondary N) is 2. The van der Waals surface area contributed by atoms with Crippen molar-refractivity contribution in [3.05, 3.63) is 77.9 Å². The van der Waals surface area contributed by atoms with Crippen molar-refractivity contribution in [2.45, 2.75) is 56.6 Å². The van der Waals surface area contributed by atoms with Crippen LogP contribution in [-0.4, -0.2) is 45.5 Å². The summed E-state index contributed by atoms with van der Waals surface area (Å²) < 4.78 is 33.5. The zero-order valence-corrected chi connectivity index (χ0v) is 24.0. The Bertz CT molecular complexity index is 1500. The Morgan fingerprint density at radius 2 is 1.80 bits per heavy atom. The first kappa shape index (κ1) is 29.3. The average Bonchev–Trinajstić information content (AvgIpc) is 3.05. The van der Waals surface area contributed by atoms with Gasteiger partial charge >= 0.3 is 0 Å². The van der Waals surface area contributed by atoms with E-state index in [1.54, 1.807) is 57.0 Å². The molecule has 4 N–H and O–H groups in total. The van der Waals surface area contributed by atoms with Crippen molar-refractivity contribution in [3.63, 3.8) is 0 Å². The molecule has 0 saturated carbocycles. The van der Waals surface area contributed by atoms with E-state index in [0.29, 0.717) is 24.2 Å². The van der Waals surface area contributed by atoms with E-state index in [2.05, 4.69) is 10.0 Å². The summed E-state index contributed by atoms with van der Waals surface area (Å²) in [6.45, 7) is 5.49. The number of rotatable bonds is 9. The van der Waals surface area contributed by atoms with Crippen LogP contribution >= 0.6 is 0 Å². The second kappa shape index (κ2) is 11.8. The predicted octanol–water partition coefficient (Wildman–Crippen LogP) is 3.36. The fraction of sp³-hybridized carbons (Fsp3) is 0.333. The van der Waals surface area contributed by atoms with Gasteiger partial charge in [0, 0.05) is 17.8 Å². The minimum Gasteiger partial charge on any atom is -0.497 e. The SMILES string of the molecule is CCNS(=O)(=O)c1ccccc1-c1ccc(CN2C(=O)[C@H](NC(=O)C(C)(C)N)CCc3cc(OC)ccc32)cc1. The lowest BCUT2D eigenvalue weighted by molar-refractivity contribution is -0.130. The number of nitrogens with zero attached hydrogens (tertiary/aromatic N) is 1. The van der Waals surface area contributed by atoms with E-state index in [1.165, 1.54) is 0 Å². The lowest BCUT2D eigenvalue weighted by Gasteiger charge is -2.28. The highest BCUT2D eigenvalue weighted by Crippen LogP contribution is 2.33. The number of amides is 2. The molecule has 0 unspecified atom stereocenters. The molecule has 0 aliphatic carbocycles. The monoisotopic (exact) mass is 564 g/mol. The van der Waals surface area contributed by atoms with Crippen LogP contribution in [0, 0.1) is 0 Å². The molecule has 1 heterocycles. The van der Waals surface area contributed by atoms with Gasteiger partial charge < -0.3 is 20.7 Å². The quantitative estimate of drug-likeness (QED) is 0.365. The molecule has 0 spiro atoms. The smallest absolute Gasteiger partial charge is 0.249 e. The van der Waals surface area contributed by atoms with Crippen LogP contribution in [0.25, 0.3) is 11.1 Å². The second-order valence-corrected chi connectivity index (χ2v) is 12.1. The first-order valence-electron chi connectivity index (χ1n) is 13.2. The summed E-state index contributed by atoms with van der Waals surface area (Å²) in [7, 11) is -2.06. The number of nitrogens with two attached hydrogens (primary N) is 1. The molecule has 10 heteroatoms. The number of fused-ring (bicyclic) bond motifs is 1. The van der Waals surface area contributed by atoms with E-state index >= 15 is 0 Å². The fourth-order valence-corrected chi connectivity index (χ4v) is 5.97. The molecule has 4 rings (SSSR count). The van der Waals surface area contributed by atoms with Crippen LogP contribution in [-0.2, 0) is 32.6 Å². The molecule has 0 saturated heterocycles. The number of ether oxygens (including phenoxy) is 1. The van der Waals surface area contributed by atoms with Crippen LogP contribution in [0.5, 0.6) is 5.75 Å². The molecule has 0 aromatic heterocycles. The number of carbonyl (C=O) groups excluding carboxylic acids is 2. The molecule has 0 radical (unpaired) electrons. The summed E-state index contributed by atoms with van der Waals surface area (Å²) in [6.07, 6.45) is 0.994. The van der Waals surface area contributed by atoms with Crippen LogP contribution in [0.2, 0.25) is 0 Å². The predicted molar refractivity (Wildman–Crippen MR) is 155 cm³/mol. The van der Waals surface area contributed by atoms with Crippen LogP contribution in [0.3, 0.4) is 0 Å². The van der Waals surface area contributed by atoms with Crippen molar-refractivity contribution in [3.8, 4) is 16.9 Å². The van der Waals surface area contributed by atoms with Crippen molar-refractivity contribution >= 4 is 27.5 Å². The molecule has 0 fully saturated rings. The number of hydrogen-bond donors (Lipinski definition) is 3. The zero-order chi connectivity index (χ0) is 29.1. The first-order chi connectivity index (χ1) is 18.9. The van der Waals surface area contributed by atoms with Crippen molar-refractivity contribution in [1.29, 1.82) is 0 Å². The number of benzene rings is 3. The van der Waals surface area contributed by atoms with Crippen LogP contribution in [0.1, 0.15) is 38.3 Å². The summed E-state index contributed by atoms with van der Waals surface area (Å²) in [6, 6.07) is 19.2. The van der Waals surface area contributed by atoms with Crippen molar-refractivity contribution < 1.29 is 22.7 Å². The maximum absolute atomic E-state index is 13.8. The molecule has 3 aromatic carbocycles. The van der Waals surface area contributed by atoms with E-state index in [0.717, 1.165) is 22.4 Å². The van der Waals surface area contributed by atoms with Crippen molar-refractivity contribution in [1.82, 2.24) is 10.0 Å². The third-order valence-electron chi connectivity index (χ3n) is 6.85. The van der Waals surface area contributed by atoms with Gasteiger partial charge in [-0.05, 0) is 67.6 Å². The summed E-state index contributed by atoms with van der Waals surface area (Å²) in [5, 5.41) is 2.84. The fourth-order valence-electron chi connectivity index (χ4n) is 4.70.